The van der Waals surface area contributed by atoms with Gasteiger partial charge in [0.25, 0.3) is 0 Å². The lowest BCUT2D eigenvalue weighted by atomic mass is 9.62. The molecule has 0 spiro atoms. The first-order valence-electron chi connectivity index (χ1n) is 7.20. The van der Waals surface area contributed by atoms with Crippen LogP contribution < -0.4 is 0 Å². The van der Waals surface area contributed by atoms with Crippen LogP contribution in [0.3, 0.4) is 0 Å². The van der Waals surface area contributed by atoms with Crippen molar-refractivity contribution in [2.45, 2.75) is 70.4 Å². The summed E-state index contributed by atoms with van der Waals surface area (Å²) >= 11 is 0. The molecule has 19 heavy (non-hydrogen) atoms. The summed E-state index contributed by atoms with van der Waals surface area (Å²) in [5.41, 5.74) is -0.592. The van der Waals surface area contributed by atoms with E-state index >= 15 is 0 Å². The van der Waals surface area contributed by atoms with E-state index in [0.29, 0.717) is 5.82 Å². The molecule has 2 rings (SSSR count). The number of hydrogen-bond donors (Lipinski definition) is 0. The molecule has 1 aliphatic heterocycles. The second kappa shape index (κ2) is 5.10. The molecule has 1 saturated carbocycles. The fourth-order valence-electron chi connectivity index (χ4n) is 2.94. The van der Waals surface area contributed by atoms with E-state index in [0.717, 1.165) is 25.7 Å². The number of carbonyl (C=O) groups is 1. The van der Waals surface area contributed by atoms with Crippen molar-refractivity contribution in [3.8, 4) is 0 Å². The van der Waals surface area contributed by atoms with Crippen molar-refractivity contribution in [1.82, 2.24) is 0 Å². The Balaban J connectivity index is 2.02. The Hall–Kier alpha value is -0.545. The number of hydrogen-bond acceptors (Lipinski definition) is 4. The quantitative estimate of drug-likeness (QED) is 0.570. The van der Waals surface area contributed by atoms with Crippen LogP contribution in [0.15, 0.2) is 0 Å². The highest BCUT2D eigenvalue weighted by Crippen LogP contribution is 2.45. The molecule has 0 bridgehead atoms. The summed E-state index contributed by atoms with van der Waals surface area (Å²) in [5.74, 6) is 0.197. The van der Waals surface area contributed by atoms with Gasteiger partial charge in [-0.15, -0.1) is 0 Å². The van der Waals surface area contributed by atoms with E-state index < -0.39 is 0 Å². The van der Waals surface area contributed by atoms with Crippen molar-refractivity contribution in [1.29, 1.82) is 0 Å². The smallest absolute Gasteiger partial charge is 0.461 e. The first kappa shape index (κ1) is 14.9. The van der Waals surface area contributed by atoms with Gasteiger partial charge in [0.15, 0.2) is 0 Å². The zero-order valence-electron chi connectivity index (χ0n) is 12.7. The predicted octanol–water partition coefficient (Wildman–Crippen LogP) is 2.81. The molecule has 5 heteroatoms. The van der Waals surface area contributed by atoms with Crippen LogP contribution in [0, 0.1) is 5.92 Å². The van der Waals surface area contributed by atoms with Gasteiger partial charge in [0, 0.05) is 0 Å². The molecule has 4 nitrogen and oxygen atoms in total. The Labute approximate surface area is 116 Å². The van der Waals surface area contributed by atoms with Gasteiger partial charge in [0.2, 0.25) is 0 Å². The highest BCUT2D eigenvalue weighted by Gasteiger charge is 2.54. The maximum Gasteiger partial charge on any atom is 0.461 e. The number of ether oxygens (including phenoxy) is 1. The monoisotopic (exact) mass is 268 g/mol. The van der Waals surface area contributed by atoms with Gasteiger partial charge in [-0.1, -0.05) is 12.8 Å². The van der Waals surface area contributed by atoms with Crippen molar-refractivity contribution >= 4 is 13.1 Å². The Morgan fingerprint density at radius 2 is 1.74 bits per heavy atom. The largest absolute Gasteiger partial charge is 0.469 e. The van der Waals surface area contributed by atoms with Crippen molar-refractivity contribution in [2.24, 2.45) is 5.92 Å². The number of methoxy groups -OCH3 is 1. The summed E-state index contributed by atoms with van der Waals surface area (Å²) < 4.78 is 17.0. The fourth-order valence-corrected chi connectivity index (χ4v) is 2.94. The zero-order chi connectivity index (χ0) is 14.3. The van der Waals surface area contributed by atoms with Gasteiger partial charge in [-0.05, 0) is 46.4 Å². The molecule has 0 N–H and O–H groups in total. The Morgan fingerprint density at radius 1 is 1.16 bits per heavy atom. The average molecular weight is 268 g/mol. The van der Waals surface area contributed by atoms with Crippen LogP contribution in [0.2, 0.25) is 5.82 Å². The minimum Gasteiger partial charge on any atom is -0.469 e. The van der Waals surface area contributed by atoms with Crippen molar-refractivity contribution in [2.75, 3.05) is 7.11 Å². The molecule has 1 saturated heterocycles. The molecule has 108 valence electrons. The van der Waals surface area contributed by atoms with Crippen LogP contribution in [-0.2, 0) is 18.8 Å². The lowest BCUT2D eigenvalue weighted by molar-refractivity contribution is -0.146. The van der Waals surface area contributed by atoms with E-state index in [1.165, 1.54) is 7.11 Å². The second-order valence-corrected chi connectivity index (χ2v) is 6.77. The van der Waals surface area contributed by atoms with Gasteiger partial charge in [0.1, 0.15) is 0 Å². The number of carbonyl (C=O) groups excluding carboxylic acids is 1. The number of esters is 1. The van der Waals surface area contributed by atoms with E-state index in [4.69, 9.17) is 14.0 Å². The van der Waals surface area contributed by atoms with Crippen molar-refractivity contribution in [3.63, 3.8) is 0 Å². The molecule has 2 fully saturated rings. The summed E-state index contributed by atoms with van der Waals surface area (Å²) in [6, 6.07) is 0. The molecule has 1 aliphatic carbocycles. The van der Waals surface area contributed by atoms with E-state index in [1.54, 1.807) is 0 Å². The van der Waals surface area contributed by atoms with E-state index in [9.17, 15) is 4.79 Å². The first-order chi connectivity index (χ1) is 8.77. The zero-order valence-corrected chi connectivity index (χ0v) is 12.7. The number of rotatable bonds is 2. The summed E-state index contributed by atoms with van der Waals surface area (Å²) in [6.07, 6.45) is 3.82. The second-order valence-electron chi connectivity index (χ2n) is 6.77. The van der Waals surface area contributed by atoms with Gasteiger partial charge >= 0.3 is 13.1 Å². The molecule has 2 atom stereocenters. The van der Waals surface area contributed by atoms with Gasteiger partial charge in [-0.2, -0.15) is 0 Å². The molecular weight excluding hydrogens is 243 g/mol. The van der Waals surface area contributed by atoms with Crippen molar-refractivity contribution < 1.29 is 18.8 Å². The lowest BCUT2D eigenvalue weighted by Gasteiger charge is -2.32. The topological polar surface area (TPSA) is 44.8 Å². The molecule has 0 radical (unpaired) electrons. The summed E-state index contributed by atoms with van der Waals surface area (Å²) in [5, 5.41) is 0. The van der Waals surface area contributed by atoms with Crippen LogP contribution in [0.4, 0.5) is 0 Å². The Bertz CT molecular complexity index is 337. The van der Waals surface area contributed by atoms with E-state index in [1.807, 2.05) is 0 Å². The Morgan fingerprint density at radius 3 is 2.26 bits per heavy atom. The molecular formula is C14H25BO4. The lowest BCUT2D eigenvalue weighted by Crippen LogP contribution is -2.41. The van der Waals surface area contributed by atoms with Crippen LogP contribution in [0.1, 0.15) is 53.4 Å². The van der Waals surface area contributed by atoms with Crippen LogP contribution >= 0.6 is 0 Å². The average Bonchev–Trinajstić information content (AvgIpc) is 2.58. The molecule has 2 aliphatic rings. The van der Waals surface area contributed by atoms with Crippen LogP contribution in [0.25, 0.3) is 0 Å². The van der Waals surface area contributed by atoms with E-state index in [-0.39, 0.29) is 30.2 Å². The van der Waals surface area contributed by atoms with Crippen molar-refractivity contribution in [3.05, 3.63) is 0 Å². The predicted molar refractivity (Wildman–Crippen MR) is 73.8 cm³/mol. The standard InChI is InChI=1S/C14H25BO4/c1-13(2)14(3,4)19-15(18-13)11-8-6-7-10(9-11)12(16)17-5/h10-11H,6-9H2,1-5H3. The summed E-state index contributed by atoms with van der Waals surface area (Å²) in [4.78, 5) is 11.7. The van der Waals surface area contributed by atoms with Gasteiger partial charge in [-0.3, -0.25) is 4.79 Å². The third kappa shape index (κ3) is 2.82. The van der Waals surface area contributed by atoms with Gasteiger partial charge in [-0.25, -0.2) is 0 Å². The van der Waals surface area contributed by atoms with Gasteiger partial charge in [0.05, 0.1) is 24.2 Å². The first-order valence-corrected chi connectivity index (χ1v) is 7.20. The SMILES string of the molecule is COC(=O)C1CCCC(B2OC(C)(C)C(C)(C)O2)C1. The molecule has 0 aromatic rings. The molecule has 1 heterocycles. The Kier molecular flexibility index (Phi) is 3.98. The minimum absolute atomic E-state index is 0.00257. The third-order valence-electron chi connectivity index (χ3n) is 4.91. The molecule has 0 amide bonds. The van der Waals surface area contributed by atoms with Crippen LogP contribution in [-0.4, -0.2) is 31.4 Å². The minimum atomic E-state index is -0.296. The molecule has 0 aromatic heterocycles. The maximum absolute atomic E-state index is 11.7. The highest BCUT2D eigenvalue weighted by atomic mass is 16.7. The van der Waals surface area contributed by atoms with Crippen LogP contribution in [0.5, 0.6) is 0 Å². The summed E-state index contributed by atoms with van der Waals surface area (Å²) in [7, 11) is 1.26. The normalized spacial score (nSPS) is 33.2. The van der Waals surface area contributed by atoms with Gasteiger partial charge < -0.3 is 14.0 Å². The summed E-state index contributed by atoms with van der Waals surface area (Å²) in [6.45, 7) is 8.25. The third-order valence-corrected chi connectivity index (χ3v) is 4.91. The molecule has 2 unspecified atom stereocenters. The maximum atomic E-state index is 11.7. The van der Waals surface area contributed by atoms with E-state index in [2.05, 4.69) is 27.7 Å². The highest BCUT2D eigenvalue weighted by molar-refractivity contribution is 6.47. The molecule has 0 aromatic carbocycles. The fraction of sp³-hybridized carbons (Fsp3) is 0.929.